The van der Waals surface area contributed by atoms with Crippen molar-refractivity contribution in [2.24, 2.45) is 9.98 Å². The lowest BCUT2D eigenvalue weighted by atomic mass is 10.1. The molecule has 0 N–H and O–H groups in total. The van der Waals surface area contributed by atoms with E-state index < -0.39 is 0 Å². The van der Waals surface area contributed by atoms with Crippen molar-refractivity contribution in [2.45, 2.75) is 66.7 Å². The van der Waals surface area contributed by atoms with Gasteiger partial charge in [0, 0.05) is 6.21 Å². The van der Waals surface area contributed by atoms with E-state index in [-0.39, 0.29) is 0 Å². The van der Waals surface area contributed by atoms with Gasteiger partial charge in [0.1, 0.15) is 0 Å². The molecule has 2 heteroatoms. The molecule has 0 atom stereocenters. The summed E-state index contributed by atoms with van der Waals surface area (Å²) in [4.78, 5) is 9.58. The van der Waals surface area contributed by atoms with Crippen LogP contribution < -0.4 is 0 Å². The Balaban J connectivity index is 2.31. The van der Waals surface area contributed by atoms with E-state index >= 15 is 0 Å². The summed E-state index contributed by atoms with van der Waals surface area (Å²) in [6.45, 7) is 10.9. The molecule has 0 amide bonds. The van der Waals surface area contributed by atoms with Gasteiger partial charge in [0.2, 0.25) is 0 Å². The van der Waals surface area contributed by atoms with Crippen LogP contribution in [0.3, 0.4) is 0 Å². The standard InChI is InChI=1S/C24H32N2/c1-6-18-11-19(7-2)14-23(13-18)25-17-22(10-5)26-24-15-20(8-3)12-21(9-4)16-24/h11-17H,6-10H2,1-5H3. The zero-order valence-corrected chi connectivity index (χ0v) is 17.0. The molecule has 0 saturated carbocycles. The Morgan fingerprint density at radius 2 is 1.08 bits per heavy atom. The van der Waals surface area contributed by atoms with Crippen LogP contribution in [0.4, 0.5) is 11.4 Å². The molecule has 0 aliphatic rings. The minimum Gasteiger partial charge on any atom is -0.255 e. The summed E-state index contributed by atoms with van der Waals surface area (Å²) >= 11 is 0. The Kier molecular flexibility index (Phi) is 7.77. The van der Waals surface area contributed by atoms with E-state index in [1.807, 2.05) is 6.21 Å². The van der Waals surface area contributed by atoms with Crippen molar-refractivity contribution in [1.29, 1.82) is 0 Å². The number of aliphatic imine (C=N–C) groups is 2. The van der Waals surface area contributed by atoms with E-state index in [2.05, 4.69) is 71.0 Å². The maximum absolute atomic E-state index is 4.86. The number of nitrogens with zero attached hydrogens (tertiary/aromatic N) is 2. The molecule has 0 unspecified atom stereocenters. The third kappa shape index (κ3) is 5.66. The van der Waals surface area contributed by atoms with Gasteiger partial charge in [-0.15, -0.1) is 0 Å². The van der Waals surface area contributed by atoms with Crippen molar-refractivity contribution in [3.63, 3.8) is 0 Å². The van der Waals surface area contributed by atoms with Crippen molar-refractivity contribution in [3.8, 4) is 0 Å². The molecule has 0 saturated heterocycles. The summed E-state index contributed by atoms with van der Waals surface area (Å²) < 4.78 is 0. The van der Waals surface area contributed by atoms with Crippen LogP contribution in [0.15, 0.2) is 46.4 Å². The van der Waals surface area contributed by atoms with Gasteiger partial charge in [-0.05, 0) is 78.6 Å². The van der Waals surface area contributed by atoms with Crippen molar-refractivity contribution in [2.75, 3.05) is 0 Å². The highest BCUT2D eigenvalue weighted by atomic mass is 14.8. The average Bonchev–Trinajstić information content (AvgIpc) is 2.70. The van der Waals surface area contributed by atoms with Gasteiger partial charge >= 0.3 is 0 Å². The Labute approximate surface area is 159 Å². The lowest BCUT2D eigenvalue weighted by Gasteiger charge is -2.06. The van der Waals surface area contributed by atoms with Gasteiger partial charge < -0.3 is 0 Å². The first-order valence-corrected chi connectivity index (χ1v) is 9.99. The molecular weight excluding hydrogens is 316 g/mol. The second-order valence-electron chi connectivity index (χ2n) is 6.64. The molecular formula is C24H32N2. The van der Waals surface area contributed by atoms with Crippen LogP contribution in [0.2, 0.25) is 0 Å². The van der Waals surface area contributed by atoms with Gasteiger partial charge in [0.25, 0.3) is 0 Å². The van der Waals surface area contributed by atoms with Crippen LogP contribution in [0.1, 0.15) is 63.3 Å². The molecule has 2 aromatic carbocycles. The quantitative estimate of drug-likeness (QED) is 0.468. The molecule has 2 aromatic rings. The van der Waals surface area contributed by atoms with Gasteiger partial charge in [-0.25, -0.2) is 0 Å². The molecule has 26 heavy (non-hydrogen) atoms. The normalized spacial score (nSPS) is 12.1. The largest absolute Gasteiger partial charge is 0.255 e. The van der Waals surface area contributed by atoms with E-state index in [0.717, 1.165) is 49.2 Å². The van der Waals surface area contributed by atoms with E-state index in [1.54, 1.807) is 0 Å². The molecule has 2 nitrogen and oxygen atoms in total. The number of aryl methyl sites for hydroxylation is 4. The molecule has 2 rings (SSSR count). The minimum absolute atomic E-state index is 0.870. The molecule has 138 valence electrons. The smallest absolute Gasteiger partial charge is 0.0639 e. The molecule has 0 aliphatic carbocycles. The zero-order chi connectivity index (χ0) is 18.9. The monoisotopic (exact) mass is 348 g/mol. The van der Waals surface area contributed by atoms with Crippen LogP contribution in [0.25, 0.3) is 0 Å². The van der Waals surface area contributed by atoms with E-state index in [1.165, 1.54) is 22.3 Å². The Bertz CT molecular complexity index is 740. The molecule has 0 spiro atoms. The first kappa shape index (κ1) is 20.1. The van der Waals surface area contributed by atoms with Gasteiger partial charge in [-0.3, -0.25) is 9.98 Å². The number of hydrogen-bond donors (Lipinski definition) is 0. The SMILES string of the molecule is CCC(C=Nc1cc(CC)cc(CC)c1)=Nc1cc(CC)cc(CC)c1. The third-order valence-corrected chi connectivity index (χ3v) is 4.71. The molecule has 0 aliphatic heterocycles. The first-order valence-electron chi connectivity index (χ1n) is 9.99. The molecule has 0 radical (unpaired) electrons. The van der Waals surface area contributed by atoms with E-state index in [4.69, 9.17) is 9.98 Å². The highest BCUT2D eigenvalue weighted by molar-refractivity contribution is 6.31. The fraction of sp³-hybridized carbons (Fsp3) is 0.417. The Morgan fingerprint density at radius 3 is 1.46 bits per heavy atom. The van der Waals surface area contributed by atoms with E-state index in [0.29, 0.717) is 0 Å². The average molecular weight is 349 g/mol. The van der Waals surface area contributed by atoms with Crippen LogP contribution in [0.5, 0.6) is 0 Å². The third-order valence-electron chi connectivity index (χ3n) is 4.71. The highest BCUT2D eigenvalue weighted by Crippen LogP contribution is 2.21. The summed E-state index contributed by atoms with van der Waals surface area (Å²) in [5.41, 5.74) is 8.46. The molecule has 0 aromatic heterocycles. The summed E-state index contributed by atoms with van der Waals surface area (Å²) in [5.74, 6) is 0. The topological polar surface area (TPSA) is 24.7 Å². The maximum atomic E-state index is 4.86. The fourth-order valence-electron chi connectivity index (χ4n) is 2.96. The predicted molar refractivity (Wildman–Crippen MR) is 116 cm³/mol. The van der Waals surface area contributed by atoms with Gasteiger partial charge in [0.15, 0.2) is 0 Å². The zero-order valence-electron chi connectivity index (χ0n) is 17.0. The summed E-state index contributed by atoms with van der Waals surface area (Å²) in [6, 6.07) is 13.3. The molecule has 0 heterocycles. The fourth-order valence-corrected chi connectivity index (χ4v) is 2.96. The van der Waals surface area contributed by atoms with Gasteiger partial charge in [-0.1, -0.05) is 46.8 Å². The minimum atomic E-state index is 0.870. The predicted octanol–water partition coefficient (Wildman–Crippen LogP) is 6.82. The van der Waals surface area contributed by atoms with Gasteiger partial charge in [-0.2, -0.15) is 0 Å². The van der Waals surface area contributed by atoms with E-state index in [9.17, 15) is 0 Å². The van der Waals surface area contributed by atoms with Crippen molar-refractivity contribution in [1.82, 2.24) is 0 Å². The van der Waals surface area contributed by atoms with Crippen LogP contribution in [0, 0.1) is 0 Å². The summed E-state index contributed by atoms with van der Waals surface area (Å²) in [7, 11) is 0. The number of hydrogen-bond acceptors (Lipinski definition) is 2. The van der Waals surface area contributed by atoms with Crippen molar-refractivity contribution >= 4 is 23.3 Å². The summed E-state index contributed by atoms with van der Waals surface area (Å²) in [5, 5.41) is 0. The number of benzene rings is 2. The van der Waals surface area contributed by atoms with Crippen molar-refractivity contribution < 1.29 is 0 Å². The lowest BCUT2D eigenvalue weighted by molar-refractivity contribution is 1.08. The highest BCUT2D eigenvalue weighted by Gasteiger charge is 2.01. The molecule has 0 bridgehead atoms. The lowest BCUT2D eigenvalue weighted by Crippen LogP contribution is -1.97. The van der Waals surface area contributed by atoms with Crippen molar-refractivity contribution in [3.05, 3.63) is 58.7 Å². The summed E-state index contributed by atoms with van der Waals surface area (Å²) in [6.07, 6.45) is 6.95. The Morgan fingerprint density at radius 1 is 0.654 bits per heavy atom. The first-order chi connectivity index (χ1) is 12.6. The van der Waals surface area contributed by atoms with Crippen LogP contribution in [-0.2, 0) is 25.7 Å². The second-order valence-corrected chi connectivity index (χ2v) is 6.64. The van der Waals surface area contributed by atoms with Crippen LogP contribution >= 0.6 is 0 Å². The van der Waals surface area contributed by atoms with Gasteiger partial charge in [0.05, 0.1) is 17.1 Å². The second kappa shape index (κ2) is 10.1. The molecule has 0 fully saturated rings. The maximum Gasteiger partial charge on any atom is 0.0639 e. The Hall–Kier alpha value is -2.22. The number of rotatable bonds is 8. The van der Waals surface area contributed by atoms with Crippen LogP contribution in [-0.4, -0.2) is 11.9 Å².